The molecule has 0 atom stereocenters. The van der Waals surface area contributed by atoms with Crippen molar-refractivity contribution >= 4 is 11.1 Å². The third-order valence-corrected chi connectivity index (χ3v) is 1.73. The minimum absolute atomic E-state index is 0.126. The normalized spacial score (nSPS) is 10.8. The van der Waals surface area contributed by atoms with E-state index in [2.05, 4.69) is 10.1 Å². The summed E-state index contributed by atoms with van der Waals surface area (Å²) in [6.45, 7) is 1.72. The van der Waals surface area contributed by atoms with Crippen LogP contribution in [0.2, 0.25) is 0 Å². The molecule has 0 aliphatic rings. The van der Waals surface area contributed by atoms with E-state index in [1.54, 1.807) is 14.0 Å². The Bertz CT molecular complexity index is 483. The predicted molar refractivity (Wildman–Crippen MR) is 41.8 cm³/mol. The van der Waals surface area contributed by atoms with Gasteiger partial charge >= 0.3 is 0 Å². The van der Waals surface area contributed by atoms with E-state index in [-0.39, 0.29) is 5.56 Å². The third kappa shape index (κ3) is 0.761. The lowest BCUT2D eigenvalue weighted by Gasteiger charge is -1.92. The first-order chi connectivity index (χ1) is 5.70. The second-order valence-corrected chi connectivity index (χ2v) is 2.61. The van der Waals surface area contributed by atoms with Gasteiger partial charge in [0.05, 0.1) is 5.69 Å². The molecule has 0 amide bonds. The molecule has 0 radical (unpaired) electrons. The maximum absolute atomic E-state index is 11.4. The Morgan fingerprint density at radius 1 is 1.58 bits per heavy atom. The van der Waals surface area contributed by atoms with Crippen molar-refractivity contribution in [1.82, 2.24) is 14.7 Å². The van der Waals surface area contributed by atoms with Crippen LogP contribution in [0.3, 0.4) is 0 Å². The van der Waals surface area contributed by atoms with E-state index in [4.69, 9.17) is 4.52 Å². The fourth-order valence-corrected chi connectivity index (χ4v) is 1.06. The summed E-state index contributed by atoms with van der Waals surface area (Å²) in [5.41, 5.74) is 0.757. The quantitative estimate of drug-likeness (QED) is 0.560. The average Bonchev–Trinajstić information content (AvgIpc) is 2.41. The van der Waals surface area contributed by atoms with E-state index in [1.807, 2.05) is 0 Å². The number of hydrogen-bond acceptors (Lipinski definition) is 4. The lowest BCUT2D eigenvalue weighted by atomic mass is 10.3. The fraction of sp³-hybridized carbons (Fsp3) is 0.286. The summed E-state index contributed by atoms with van der Waals surface area (Å²) in [7, 11) is 1.64. The van der Waals surface area contributed by atoms with E-state index < -0.39 is 0 Å². The zero-order valence-corrected chi connectivity index (χ0v) is 6.74. The number of aryl methyl sites for hydroxylation is 2. The molecule has 0 saturated heterocycles. The topological polar surface area (TPSA) is 60.9 Å². The summed E-state index contributed by atoms with van der Waals surface area (Å²) in [6.07, 6.45) is 1.41. The highest BCUT2D eigenvalue weighted by atomic mass is 16.5. The van der Waals surface area contributed by atoms with Crippen LogP contribution < -0.4 is 5.56 Å². The van der Waals surface area contributed by atoms with Crippen molar-refractivity contribution in [3.63, 3.8) is 0 Å². The molecule has 0 unspecified atom stereocenters. The molecule has 12 heavy (non-hydrogen) atoms. The molecule has 2 aromatic rings. The third-order valence-electron chi connectivity index (χ3n) is 1.73. The maximum atomic E-state index is 11.4. The summed E-state index contributed by atoms with van der Waals surface area (Å²) in [6, 6.07) is 0. The van der Waals surface area contributed by atoms with Crippen molar-refractivity contribution in [1.29, 1.82) is 0 Å². The molecule has 0 aromatic carbocycles. The van der Waals surface area contributed by atoms with Crippen LogP contribution in [0, 0.1) is 6.92 Å². The van der Waals surface area contributed by atoms with Crippen molar-refractivity contribution in [2.24, 2.45) is 7.05 Å². The van der Waals surface area contributed by atoms with Crippen molar-refractivity contribution in [2.45, 2.75) is 6.92 Å². The largest absolute Gasteiger partial charge is 0.335 e. The second-order valence-electron chi connectivity index (χ2n) is 2.61. The highest BCUT2D eigenvalue weighted by molar-refractivity contribution is 5.73. The van der Waals surface area contributed by atoms with E-state index in [0.717, 1.165) is 0 Å². The van der Waals surface area contributed by atoms with Crippen molar-refractivity contribution in [3.8, 4) is 0 Å². The fourth-order valence-electron chi connectivity index (χ4n) is 1.06. The van der Waals surface area contributed by atoms with E-state index in [9.17, 15) is 4.79 Å². The molecule has 2 rings (SSSR count). The number of rotatable bonds is 0. The van der Waals surface area contributed by atoms with Gasteiger partial charge < -0.3 is 9.09 Å². The maximum Gasteiger partial charge on any atom is 0.266 e. The summed E-state index contributed by atoms with van der Waals surface area (Å²) < 4.78 is 6.21. The Labute approximate surface area is 67.6 Å². The van der Waals surface area contributed by atoms with Gasteiger partial charge in [-0.05, 0) is 6.92 Å². The number of fused-ring (bicyclic) bond motifs is 1. The highest BCUT2D eigenvalue weighted by Crippen LogP contribution is 2.08. The van der Waals surface area contributed by atoms with Crippen LogP contribution in [-0.2, 0) is 7.05 Å². The Kier molecular flexibility index (Phi) is 1.27. The second kappa shape index (κ2) is 2.17. The number of aromatic nitrogens is 3. The zero-order chi connectivity index (χ0) is 8.72. The molecule has 2 heterocycles. The molecule has 62 valence electrons. The van der Waals surface area contributed by atoms with Crippen molar-refractivity contribution in [3.05, 3.63) is 22.4 Å². The highest BCUT2D eigenvalue weighted by Gasteiger charge is 2.09. The first kappa shape index (κ1) is 7.02. The Hall–Kier alpha value is -1.65. The molecule has 0 fully saturated rings. The minimum atomic E-state index is -0.126. The predicted octanol–water partition coefficient (Wildman–Crippen LogP) is 0.230. The van der Waals surface area contributed by atoms with Gasteiger partial charge in [-0.25, -0.2) is 4.98 Å². The minimum Gasteiger partial charge on any atom is -0.335 e. The molecule has 0 saturated carbocycles. The average molecular weight is 165 g/mol. The first-order valence-electron chi connectivity index (χ1n) is 3.48. The molecule has 0 aliphatic heterocycles. The van der Waals surface area contributed by atoms with Gasteiger partial charge in [-0.2, -0.15) is 0 Å². The molecular formula is C7H7N3O2. The first-order valence-corrected chi connectivity index (χ1v) is 3.48. The van der Waals surface area contributed by atoms with Gasteiger partial charge in [-0.15, -0.1) is 0 Å². The van der Waals surface area contributed by atoms with Crippen molar-refractivity contribution < 1.29 is 4.52 Å². The van der Waals surface area contributed by atoms with Crippen LogP contribution in [0.5, 0.6) is 0 Å². The van der Waals surface area contributed by atoms with Gasteiger partial charge in [0.1, 0.15) is 11.7 Å². The Balaban J connectivity index is 3.06. The van der Waals surface area contributed by atoms with Gasteiger partial charge in [0.2, 0.25) is 0 Å². The summed E-state index contributed by atoms with van der Waals surface area (Å²) >= 11 is 0. The lowest BCUT2D eigenvalue weighted by Crippen LogP contribution is -2.16. The van der Waals surface area contributed by atoms with Crippen LogP contribution in [0.15, 0.2) is 15.6 Å². The molecule has 0 N–H and O–H groups in total. The molecule has 2 aromatic heterocycles. The van der Waals surface area contributed by atoms with Gasteiger partial charge in [-0.1, -0.05) is 5.16 Å². The molecule has 0 spiro atoms. The van der Waals surface area contributed by atoms with Crippen molar-refractivity contribution in [2.75, 3.05) is 0 Å². The summed E-state index contributed by atoms with van der Waals surface area (Å²) in [5.74, 6) is 0. The van der Waals surface area contributed by atoms with Gasteiger partial charge in [0, 0.05) is 7.05 Å². The van der Waals surface area contributed by atoms with E-state index in [1.165, 1.54) is 10.9 Å². The van der Waals surface area contributed by atoms with Crippen LogP contribution in [0.25, 0.3) is 11.1 Å². The summed E-state index contributed by atoms with van der Waals surface area (Å²) in [5, 5.41) is 4.11. The Morgan fingerprint density at radius 3 is 3.08 bits per heavy atom. The molecule has 0 aliphatic carbocycles. The lowest BCUT2D eigenvalue weighted by molar-refractivity contribution is 0.442. The number of hydrogen-bond donors (Lipinski definition) is 0. The number of nitrogens with zero attached hydrogens (tertiary/aromatic N) is 3. The van der Waals surface area contributed by atoms with Crippen LogP contribution >= 0.6 is 0 Å². The van der Waals surface area contributed by atoms with Crippen LogP contribution in [0.1, 0.15) is 5.69 Å². The molecular weight excluding hydrogens is 158 g/mol. The standard InChI is InChI=1S/C7H7N3O2/c1-4-5-6(12-9-4)8-3-10(2)7(5)11/h3H,1-2H3. The smallest absolute Gasteiger partial charge is 0.266 e. The molecule has 5 heteroatoms. The Morgan fingerprint density at radius 2 is 2.33 bits per heavy atom. The van der Waals surface area contributed by atoms with Gasteiger partial charge in [-0.3, -0.25) is 4.79 Å². The van der Waals surface area contributed by atoms with Crippen LogP contribution in [0.4, 0.5) is 0 Å². The SMILES string of the molecule is Cc1noc2ncn(C)c(=O)c12. The molecule has 0 bridgehead atoms. The van der Waals surface area contributed by atoms with E-state index >= 15 is 0 Å². The monoisotopic (exact) mass is 165 g/mol. The van der Waals surface area contributed by atoms with Crippen LogP contribution in [-0.4, -0.2) is 14.7 Å². The van der Waals surface area contributed by atoms with Gasteiger partial charge in [0.25, 0.3) is 11.3 Å². The zero-order valence-electron chi connectivity index (χ0n) is 6.74. The van der Waals surface area contributed by atoms with Gasteiger partial charge in [0.15, 0.2) is 0 Å². The van der Waals surface area contributed by atoms with E-state index in [0.29, 0.717) is 16.8 Å². The summed E-state index contributed by atoms with van der Waals surface area (Å²) in [4.78, 5) is 15.3. The molecule has 5 nitrogen and oxygen atoms in total.